The average molecular weight is 300 g/mol. The Morgan fingerprint density at radius 1 is 1.29 bits per heavy atom. The van der Waals surface area contributed by atoms with E-state index >= 15 is 0 Å². The van der Waals surface area contributed by atoms with Crippen LogP contribution in [0, 0.1) is 13.8 Å². The normalized spacial score (nSPS) is 11.0. The molecule has 0 saturated carbocycles. The van der Waals surface area contributed by atoms with E-state index < -0.39 is 0 Å². The second kappa shape index (κ2) is 5.41. The average Bonchev–Trinajstić information content (AvgIpc) is 2.98. The van der Waals surface area contributed by atoms with E-state index in [9.17, 15) is 0 Å². The number of nitrogens with one attached hydrogen (secondary N) is 1. The van der Waals surface area contributed by atoms with Crippen LogP contribution < -0.4 is 10.2 Å². The van der Waals surface area contributed by atoms with E-state index in [0.717, 1.165) is 22.9 Å². The highest BCUT2D eigenvalue weighted by Crippen LogP contribution is 2.24. The van der Waals surface area contributed by atoms with Gasteiger partial charge in [0.1, 0.15) is 0 Å². The molecular weight excluding hydrogens is 280 g/mol. The SMILES string of the molecule is Cc1ccc(NCc2c(C)nc3sccn23)cc1N(C)C. The van der Waals surface area contributed by atoms with Gasteiger partial charge >= 0.3 is 0 Å². The van der Waals surface area contributed by atoms with Gasteiger partial charge in [-0.25, -0.2) is 4.98 Å². The predicted octanol–water partition coefficient (Wildman–Crippen LogP) is 3.69. The molecule has 110 valence electrons. The molecule has 0 saturated heterocycles. The molecule has 0 amide bonds. The molecule has 0 radical (unpaired) electrons. The summed E-state index contributed by atoms with van der Waals surface area (Å²) in [6.45, 7) is 4.98. The number of hydrogen-bond acceptors (Lipinski definition) is 4. The van der Waals surface area contributed by atoms with Crippen LogP contribution in [0.1, 0.15) is 17.0 Å². The smallest absolute Gasteiger partial charge is 0.194 e. The third-order valence-corrected chi connectivity index (χ3v) is 4.47. The summed E-state index contributed by atoms with van der Waals surface area (Å²) in [6.07, 6.45) is 2.08. The Morgan fingerprint density at radius 2 is 2.10 bits per heavy atom. The van der Waals surface area contributed by atoms with Crippen LogP contribution in [0.5, 0.6) is 0 Å². The van der Waals surface area contributed by atoms with Gasteiger partial charge in [0.25, 0.3) is 0 Å². The molecule has 0 atom stereocenters. The monoisotopic (exact) mass is 300 g/mol. The summed E-state index contributed by atoms with van der Waals surface area (Å²) in [5.74, 6) is 0. The van der Waals surface area contributed by atoms with Crippen LogP contribution in [0.4, 0.5) is 11.4 Å². The molecule has 21 heavy (non-hydrogen) atoms. The fourth-order valence-electron chi connectivity index (χ4n) is 2.54. The number of thiazole rings is 1. The largest absolute Gasteiger partial charge is 0.379 e. The highest BCUT2D eigenvalue weighted by atomic mass is 32.1. The molecule has 0 spiro atoms. The predicted molar refractivity (Wildman–Crippen MR) is 90.6 cm³/mol. The van der Waals surface area contributed by atoms with Gasteiger partial charge in [-0.1, -0.05) is 6.07 Å². The summed E-state index contributed by atoms with van der Waals surface area (Å²) in [5.41, 5.74) is 5.97. The molecule has 3 rings (SSSR count). The van der Waals surface area contributed by atoms with Gasteiger partial charge in [0.15, 0.2) is 4.96 Å². The third-order valence-electron chi connectivity index (χ3n) is 3.71. The van der Waals surface area contributed by atoms with Crippen molar-refractivity contribution in [3.8, 4) is 0 Å². The first-order valence-corrected chi connectivity index (χ1v) is 7.87. The summed E-state index contributed by atoms with van der Waals surface area (Å²) in [4.78, 5) is 7.78. The van der Waals surface area contributed by atoms with E-state index in [1.165, 1.54) is 16.9 Å². The van der Waals surface area contributed by atoms with Crippen LogP contribution in [0.15, 0.2) is 29.8 Å². The minimum atomic E-state index is 0.777. The van der Waals surface area contributed by atoms with Crippen molar-refractivity contribution in [2.24, 2.45) is 0 Å². The molecule has 0 aliphatic rings. The molecule has 0 aliphatic heterocycles. The standard InChI is InChI=1S/C16H20N4S/c1-11-5-6-13(9-14(11)19(3)4)17-10-15-12(2)18-16-20(15)7-8-21-16/h5-9,17H,10H2,1-4H3. The first-order valence-electron chi connectivity index (χ1n) is 6.99. The Labute approximate surface area is 129 Å². The maximum absolute atomic E-state index is 4.58. The van der Waals surface area contributed by atoms with E-state index in [0.29, 0.717) is 0 Å². The van der Waals surface area contributed by atoms with E-state index in [2.05, 4.69) is 77.3 Å². The van der Waals surface area contributed by atoms with Crippen molar-refractivity contribution in [3.05, 3.63) is 46.7 Å². The van der Waals surface area contributed by atoms with Crippen molar-refractivity contribution < 1.29 is 0 Å². The number of aryl methyl sites for hydroxylation is 2. The quantitative estimate of drug-likeness (QED) is 0.797. The van der Waals surface area contributed by atoms with Crippen molar-refractivity contribution in [1.82, 2.24) is 9.38 Å². The van der Waals surface area contributed by atoms with Crippen molar-refractivity contribution in [3.63, 3.8) is 0 Å². The summed E-state index contributed by atoms with van der Waals surface area (Å²) in [5, 5.41) is 5.58. The molecule has 2 heterocycles. The Morgan fingerprint density at radius 3 is 2.86 bits per heavy atom. The van der Waals surface area contributed by atoms with Crippen LogP contribution in [0.25, 0.3) is 4.96 Å². The fourth-order valence-corrected chi connectivity index (χ4v) is 3.32. The highest BCUT2D eigenvalue weighted by Gasteiger charge is 2.09. The second-order valence-electron chi connectivity index (χ2n) is 5.45. The molecule has 0 bridgehead atoms. The van der Waals surface area contributed by atoms with Crippen LogP contribution in [0.3, 0.4) is 0 Å². The maximum Gasteiger partial charge on any atom is 0.194 e. The van der Waals surface area contributed by atoms with Crippen molar-refractivity contribution in [1.29, 1.82) is 0 Å². The molecule has 0 aliphatic carbocycles. The lowest BCUT2D eigenvalue weighted by molar-refractivity contribution is 0.993. The minimum Gasteiger partial charge on any atom is -0.379 e. The molecular formula is C16H20N4S. The fraction of sp³-hybridized carbons (Fsp3) is 0.312. The summed E-state index contributed by atoms with van der Waals surface area (Å²) in [6, 6.07) is 6.47. The molecule has 2 aromatic heterocycles. The maximum atomic E-state index is 4.58. The van der Waals surface area contributed by atoms with Gasteiger partial charge in [-0.05, 0) is 31.5 Å². The molecule has 0 unspecified atom stereocenters. The zero-order valence-electron chi connectivity index (χ0n) is 12.8. The number of anilines is 2. The summed E-state index contributed by atoms with van der Waals surface area (Å²) < 4.78 is 2.16. The van der Waals surface area contributed by atoms with E-state index in [4.69, 9.17) is 0 Å². The van der Waals surface area contributed by atoms with Gasteiger partial charge < -0.3 is 10.2 Å². The minimum absolute atomic E-state index is 0.777. The highest BCUT2D eigenvalue weighted by molar-refractivity contribution is 7.15. The van der Waals surface area contributed by atoms with Crippen LogP contribution in [-0.2, 0) is 6.54 Å². The molecule has 1 aromatic carbocycles. The molecule has 1 N–H and O–H groups in total. The van der Waals surface area contributed by atoms with Crippen molar-refractivity contribution in [2.75, 3.05) is 24.3 Å². The lowest BCUT2D eigenvalue weighted by Gasteiger charge is -2.17. The number of imidazole rings is 1. The third kappa shape index (κ3) is 2.61. The summed E-state index contributed by atoms with van der Waals surface area (Å²) in [7, 11) is 4.14. The van der Waals surface area contributed by atoms with E-state index in [1.807, 2.05) is 0 Å². The number of benzene rings is 1. The lowest BCUT2D eigenvalue weighted by atomic mass is 10.1. The number of fused-ring (bicyclic) bond motifs is 1. The molecule has 0 fully saturated rings. The van der Waals surface area contributed by atoms with Crippen molar-refractivity contribution >= 4 is 27.7 Å². The van der Waals surface area contributed by atoms with Crippen LogP contribution >= 0.6 is 11.3 Å². The second-order valence-corrected chi connectivity index (χ2v) is 6.32. The van der Waals surface area contributed by atoms with Gasteiger partial charge in [-0.15, -0.1) is 11.3 Å². The molecule has 4 nitrogen and oxygen atoms in total. The number of rotatable bonds is 4. The summed E-state index contributed by atoms with van der Waals surface area (Å²) >= 11 is 1.67. The van der Waals surface area contributed by atoms with Gasteiger partial charge in [0.05, 0.1) is 17.9 Å². The van der Waals surface area contributed by atoms with E-state index in [1.54, 1.807) is 11.3 Å². The Kier molecular flexibility index (Phi) is 3.59. The first-order chi connectivity index (χ1) is 10.1. The Hall–Kier alpha value is -2.01. The van der Waals surface area contributed by atoms with Crippen LogP contribution in [0.2, 0.25) is 0 Å². The number of nitrogens with zero attached hydrogens (tertiary/aromatic N) is 3. The molecule has 5 heteroatoms. The topological polar surface area (TPSA) is 32.6 Å². The Balaban J connectivity index is 1.83. The number of aromatic nitrogens is 2. The number of hydrogen-bond donors (Lipinski definition) is 1. The van der Waals surface area contributed by atoms with Gasteiger partial charge in [0, 0.05) is 37.0 Å². The van der Waals surface area contributed by atoms with Gasteiger partial charge in [-0.2, -0.15) is 0 Å². The zero-order valence-corrected chi connectivity index (χ0v) is 13.7. The first kappa shape index (κ1) is 13.9. The molecule has 3 aromatic rings. The van der Waals surface area contributed by atoms with Gasteiger partial charge in [-0.3, -0.25) is 4.40 Å². The Bertz CT molecular complexity index is 770. The zero-order chi connectivity index (χ0) is 15.0. The van der Waals surface area contributed by atoms with Crippen molar-refractivity contribution in [2.45, 2.75) is 20.4 Å². The van der Waals surface area contributed by atoms with Gasteiger partial charge in [0.2, 0.25) is 0 Å². The van der Waals surface area contributed by atoms with Crippen LogP contribution in [-0.4, -0.2) is 23.5 Å². The lowest BCUT2D eigenvalue weighted by Crippen LogP contribution is -2.11. The van der Waals surface area contributed by atoms with E-state index in [-0.39, 0.29) is 0 Å².